The minimum absolute atomic E-state index is 0.0277. The fourth-order valence-corrected chi connectivity index (χ4v) is 2.47. The Morgan fingerprint density at radius 3 is 2.76 bits per heavy atom. The molecule has 1 heterocycles. The molecule has 1 aliphatic rings. The molecular formula is C16H11FN2O2. The number of fused-ring (bicyclic) bond motifs is 1. The van der Waals surface area contributed by atoms with Crippen LogP contribution in [0, 0.1) is 17.1 Å². The Morgan fingerprint density at radius 1 is 1.24 bits per heavy atom. The lowest BCUT2D eigenvalue weighted by Gasteiger charge is -2.26. The minimum atomic E-state index is -0.518. The molecule has 0 bridgehead atoms. The van der Waals surface area contributed by atoms with Crippen molar-refractivity contribution in [2.45, 2.75) is 5.92 Å². The summed E-state index contributed by atoms with van der Waals surface area (Å²) in [5.74, 6) is -0.559. The van der Waals surface area contributed by atoms with E-state index in [9.17, 15) is 14.8 Å². The number of aromatic hydroxyl groups is 1. The highest BCUT2D eigenvalue weighted by molar-refractivity contribution is 5.56. The summed E-state index contributed by atoms with van der Waals surface area (Å²) >= 11 is 0. The highest BCUT2D eigenvalue weighted by Gasteiger charge is 2.30. The van der Waals surface area contributed by atoms with Crippen molar-refractivity contribution in [3.8, 4) is 17.6 Å². The van der Waals surface area contributed by atoms with Crippen LogP contribution >= 0.6 is 0 Å². The quantitative estimate of drug-likeness (QED) is 0.843. The number of phenols is 1. The maximum atomic E-state index is 13.5. The van der Waals surface area contributed by atoms with E-state index >= 15 is 0 Å². The summed E-state index contributed by atoms with van der Waals surface area (Å²) in [5.41, 5.74) is 7.26. The van der Waals surface area contributed by atoms with E-state index in [0.29, 0.717) is 16.9 Å². The topological polar surface area (TPSA) is 79.3 Å². The van der Waals surface area contributed by atoms with Gasteiger partial charge in [-0.2, -0.15) is 5.26 Å². The summed E-state index contributed by atoms with van der Waals surface area (Å²) in [6.07, 6.45) is 0. The van der Waals surface area contributed by atoms with Gasteiger partial charge in [0.2, 0.25) is 5.88 Å². The van der Waals surface area contributed by atoms with Crippen molar-refractivity contribution in [1.82, 2.24) is 0 Å². The number of hydrogen-bond donors (Lipinski definition) is 2. The van der Waals surface area contributed by atoms with Crippen LogP contribution < -0.4 is 10.5 Å². The van der Waals surface area contributed by atoms with Crippen molar-refractivity contribution in [3.63, 3.8) is 0 Å². The molecule has 0 spiro atoms. The molecule has 4 nitrogen and oxygen atoms in total. The van der Waals surface area contributed by atoms with E-state index in [1.165, 1.54) is 24.3 Å². The Labute approximate surface area is 120 Å². The Bertz CT molecular complexity index is 793. The van der Waals surface area contributed by atoms with Crippen LogP contribution in [0.15, 0.2) is 53.9 Å². The highest BCUT2D eigenvalue weighted by atomic mass is 19.1. The van der Waals surface area contributed by atoms with E-state index < -0.39 is 11.7 Å². The second-order valence-electron chi connectivity index (χ2n) is 4.70. The first-order chi connectivity index (χ1) is 10.1. The number of rotatable bonds is 1. The Morgan fingerprint density at radius 2 is 2.05 bits per heavy atom. The third kappa shape index (κ3) is 2.17. The number of nitrogens with zero attached hydrogens (tertiary/aromatic N) is 1. The van der Waals surface area contributed by atoms with Gasteiger partial charge in [0.05, 0.1) is 5.92 Å². The van der Waals surface area contributed by atoms with E-state index in [1.54, 1.807) is 18.2 Å². The van der Waals surface area contributed by atoms with Gasteiger partial charge in [0.25, 0.3) is 0 Å². The monoisotopic (exact) mass is 282 g/mol. The maximum absolute atomic E-state index is 13.5. The standard InChI is InChI=1S/C16H11FN2O2/c17-10-3-1-2-9(6-10)15-12-5-4-11(20)7-14(12)21-16(19)13(15)8-18/h1-7,15,20H,19H2/t15-/m0/s1. The molecule has 0 saturated carbocycles. The van der Waals surface area contributed by atoms with E-state index in [0.717, 1.165) is 0 Å². The van der Waals surface area contributed by atoms with Crippen LogP contribution in [0.25, 0.3) is 0 Å². The number of nitriles is 1. The van der Waals surface area contributed by atoms with Gasteiger partial charge >= 0.3 is 0 Å². The van der Waals surface area contributed by atoms with Crippen LogP contribution in [-0.4, -0.2) is 5.11 Å². The van der Waals surface area contributed by atoms with Crippen molar-refractivity contribution in [1.29, 1.82) is 5.26 Å². The molecular weight excluding hydrogens is 271 g/mol. The largest absolute Gasteiger partial charge is 0.508 e. The van der Waals surface area contributed by atoms with Crippen molar-refractivity contribution >= 4 is 0 Å². The molecule has 3 rings (SSSR count). The first kappa shape index (κ1) is 13.0. The van der Waals surface area contributed by atoms with Crippen molar-refractivity contribution in [3.05, 3.63) is 70.9 Å². The molecule has 0 fully saturated rings. The lowest BCUT2D eigenvalue weighted by atomic mass is 9.83. The average molecular weight is 282 g/mol. The predicted octanol–water partition coefficient (Wildman–Crippen LogP) is 2.75. The fourth-order valence-electron chi connectivity index (χ4n) is 2.47. The molecule has 0 amide bonds. The van der Waals surface area contributed by atoms with E-state index in [-0.39, 0.29) is 17.2 Å². The molecule has 0 aromatic heterocycles. The zero-order valence-corrected chi connectivity index (χ0v) is 10.9. The van der Waals surface area contributed by atoms with E-state index in [2.05, 4.69) is 0 Å². The molecule has 5 heteroatoms. The zero-order valence-electron chi connectivity index (χ0n) is 10.9. The number of allylic oxidation sites excluding steroid dienone is 1. The van der Waals surface area contributed by atoms with Crippen LogP contribution in [0.5, 0.6) is 11.5 Å². The smallest absolute Gasteiger partial charge is 0.205 e. The molecule has 0 aliphatic carbocycles. The van der Waals surface area contributed by atoms with Crippen molar-refractivity contribution in [2.24, 2.45) is 5.73 Å². The summed E-state index contributed by atoms with van der Waals surface area (Å²) in [4.78, 5) is 0. The number of halogens is 1. The Kier molecular flexibility index (Phi) is 2.99. The minimum Gasteiger partial charge on any atom is -0.508 e. The molecule has 21 heavy (non-hydrogen) atoms. The SMILES string of the molecule is N#CC1=C(N)Oc2cc(O)ccc2[C@@H]1c1cccc(F)c1. The lowest BCUT2D eigenvalue weighted by molar-refractivity contribution is 0.388. The summed E-state index contributed by atoms with van der Waals surface area (Å²) in [6, 6.07) is 12.6. The summed E-state index contributed by atoms with van der Waals surface area (Å²) < 4.78 is 18.9. The second kappa shape index (κ2) is 4.84. The number of benzene rings is 2. The van der Waals surface area contributed by atoms with E-state index in [1.807, 2.05) is 6.07 Å². The van der Waals surface area contributed by atoms with Crippen molar-refractivity contribution < 1.29 is 14.2 Å². The van der Waals surface area contributed by atoms with Gasteiger partial charge in [-0.15, -0.1) is 0 Å². The summed E-state index contributed by atoms with van der Waals surface area (Å²) in [6.45, 7) is 0. The Hall–Kier alpha value is -3.00. The molecule has 1 aliphatic heterocycles. The van der Waals surface area contributed by atoms with Gasteiger partial charge in [-0.1, -0.05) is 18.2 Å². The molecule has 1 atom stereocenters. The molecule has 2 aromatic rings. The van der Waals surface area contributed by atoms with Crippen LogP contribution in [-0.2, 0) is 0 Å². The first-order valence-corrected chi connectivity index (χ1v) is 6.26. The van der Waals surface area contributed by atoms with Gasteiger partial charge in [-0.25, -0.2) is 4.39 Å². The second-order valence-corrected chi connectivity index (χ2v) is 4.70. The molecule has 0 unspecified atom stereocenters. The lowest BCUT2D eigenvalue weighted by Crippen LogP contribution is -2.21. The fraction of sp³-hybridized carbons (Fsp3) is 0.0625. The van der Waals surface area contributed by atoms with Gasteiger partial charge in [0.1, 0.15) is 29.0 Å². The number of ether oxygens (including phenoxy) is 1. The van der Waals surface area contributed by atoms with Gasteiger partial charge in [-0.3, -0.25) is 0 Å². The van der Waals surface area contributed by atoms with Crippen LogP contribution in [0.4, 0.5) is 4.39 Å². The Balaban J connectivity index is 2.24. The molecule has 0 radical (unpaired) electrons. The van der Waals surface area contributed by atoms with Gasteiger partial charge in [0, 0.05) is 11.6 Å². The number of hydrogen-bond acceptors (Lipinski definition) is 4. The van der Waals surface area contributed by atoms with Crippen LogP contribution in [0.1, 0.15) is 17.0 Å². The van der Waals surface area contributed by atoms with Crippen molar-refractivity contribution in [2.75, 3.05) is 0 Å². The third-order valence-corrected chi connectivity index (χ3v) is 3.38. The molecule has 0 saturated heterocycles. The molecule has 3 N–H and O–H groups in total. The van der Waals surface area contributed by atoms with Crippen LogP contribution in [0.3, 0.4) is 0 Å². The zero-order chi connectivity index (χ0) is 15.0. The van der Waals surface area contributed by atoms with E-state index in [4.69, 9.17) is 10.5 Å². The van der Waals surface area contributed by atoms with Crippen LogP contribution in [0.2, 0.25) is 0 Å². The summed E-state index contributed by atoms with van der Waals surface area (Å²) in [5, 5.41) is 18.9. The third-order valence-electron chi connectivity index (χ3n) is 3.38. The molecule has 2 aromatic carbocycles. The first-order valence-electron chi connectivity index (χ1n) is 6.26. The number of nitrogens with two attached hydrogens (primary N) is 1. The summed E-state index contributed by atoms with van der Waals surface area (Å²) in [7, 11) is 0. The maximum Gasteiger partial charge on any atom is 0.205 e. The van der Waals surface area contributed by atoms with Gasteiger partial charge in [-0.05, 0) is 23.8 Å². The molecule has 104 valence electrons. The average Bonchev–Trinajstić information content (AvgIpc) is 2.45. The van der Waals surface area contributed by atoms with Gasteiger partial charge < -0.3 is 15.6 Å². The predicted molar refractivity (Wildman–Crippen MR) is 73.8 cm³/mol. The highest BCUT2D eigenvalue weighted by Crippen LogP contribution is 2.43. The number of phenolic OH excluding ortho intramolecular Hbond substituents is 1. The normalized spacial score (nSPS) is 16.9. The van der Waals surface area contributed by atoms with Gasteiger partial charge in [0.15, 0.2) is 0 Å².